The minimum atomic E-state index is -1.27. The van der Waals surface area contributed by atoms with Gasteiger partial charge in [0.2, 0.25) is 0 Å². The van der Waals surface area contributed by atoms with E-state index >= 15 is 0 Å². The normalized spacial score (nSPS) is 16.1. The number of allylic oxidation sites excluding steroid dienone is 2. The number of carbonyl (C=O) groups is 3. The van der Waals surface area contributed by atoms with E-state index in [1.165, 1.54) is 12.1 Å². The Morgan fingerprint density at radius 3 is 2.56 bits per heavy atom. The van der Waals surface area contributed by atoms with Gasteiger partial charge in [-0.05, 0) is 60.6 Å². The predicted octanol–water partition coefficient (Wildman–Crippen LogP) is 4.86. The Hall–Kier alpha value is -3.32. The van der Waals surface area contributed by atoms with Crippen LogP contribution in [0.15, 0.2) is 47.7 Å². The Kier molecular flexibility index (Phi) is 5.93. The average molecular weight is 455 g/mol. The molecule has 3 N–H and O–H groups in total. The van der Waals surface area contributed by atoms with Gasteiger partial charge in [-0.3, -0.25) is 15.0 Å². The number of aromatic carboxylic acids is 1. The van der Waals surface area contributed by atoms with Crippen molar-refractivity contribution in [3.8, 4) is 0 Å². The van der Waals surface area contributed by atoms with E-state index in [-0.39, 0.29) is 53.5 Å². The van der Waals surface area contributed by atoms with Gasteiger partial charge in [0.05, 0.1) is 21.9 Å². The molecule has 2 aromatic carbocycles. The Labute approximate surface area is 188 Å². The van der Waals surface area contributed by atoms with Crippen molar-refractivity contribution in [2.24, 2.45) is 0 Å². The molecule has 0 spiro atoms. The van der Waals surface area contributed by atoms with E-state index in [0.717, 1.165) is 24.5 Å². The van der Waals surface area contributed by atoms with Crippen molar-refractivity contribution >= 4 is 35.0 Å². The van der Waals surface area contributed by atoms with Crippen LogP contribution in [0.3, 0.4) is 0 Å². The number of hydrogen-bond acceptors (Lipinski definition) is 4. The molecule has 1 saturated carbocycles. The molecule has 0 atom stereocenters. The summed E-state index contributed by atoms with van der Waals surface area (Å²) < 4.78 is 14.6. The van der Waals surface area contributed by atoms with E-state index < -0.39 is 17.7 Å². The molecular weight excluding hydrogens is 435 g/mol. The molecule has 164 valence electrons. The largest absolute Gasteiger partial charge is 0.478 e. The zero-order chi connectivity index (χ0) is 23.0. The van der Waals surface area contributed by atoms with Crippen LogP contribution in [-0.2, 0) is 4.79 Å². The maximum absolute atomic E-state index is 14.6. The molecule has 0 aromatic heterocycles. The number of amides is 1. The summed E-state index contributed by atoms with van der Waals surface area (Å²) in [5.74, 6) is -2.42. The molecule has 0 aliphatic heterocycles. The number of carboxylic acid groups (broad SMARTS) is 1. The smallest absolute Gasteiger partial charge is 0.335 e. The summed E-state index contributed by atoms with van der Waals surface area (Å²) in [6.07, 6.45) is 2.21. The summed E-state index contributed by atoms with van der Waals surface area (Å²) in [4.78, 5) is 36.3. The van der Waals surface area contributed by atoms with Gasteiger partial charge in [-0.25, -0.2) is 9.18 Å². The van der Waals surface area contributed by atoms with Crippen LogP contribution in [0.1, 0.15) is 69.9 Å². The first-order chi connectivity index (χ1) is 15.3. The van der Waals surface area contributed by atoms with E-state index in [1.54, 1.807) is 12.1 Å². The van der Waals surface area contributed by atoms with Gasteiger partial charge in [-0.1, -0.05) is 23.7 Å². The SMILES string of the molecule is N=C(C1=C(NC(=O)c2c(Cl)cccc2C2CC2)CC(=O)CC1)c1ccc(C(=O)O)cc1F. The molecule has 0 unspecified atom stereocenters. The summed E-state index contributed by atoms with van der Waals surface area (Å²) in [7, 11) is 0. The summed E-state index contributed by atoms with van der Waals surface area (Å²) in [6, 6.07) is 8.58. The molecule has 0 heterocycles. The molecule has 2 aromatic rings. The van der Waals surface area contributed by atoms with Crippen molar-refractivity contribution < 1.29 is 23.9 Å². The van der Waals surface area contributed by atoms with Gasteiger partial charge in [0, 0.05) is 24.1 Å². The fourth-order valence-electron chi connectivity index (χ4n) is 3.93. The monoisotopic (exact) mass is 454 g/mol. The number of nitrogens with one attached hydrogen (secondary N) is 2. The molecule has 1 amide bonds. The summed E-state index contributed by atoms with van der Waals surface area (Å²) in [5.41, 5.74) is 1.28. The Morgan fingerprint density at radius 2 is 1.91 bits per heavy atom. The molecule has 6 nitrogen and oxygen atoms in total. The molecule has 4 rings (SSSR count). The molecule has 32 heavy (non-hydrogen) atoms. The van der Waals surface area contributed by atoms with Crippen LogP contribution in [0, 0.1) is 11.2 Å². The van der Waals surface area contributed by atoms with Crippen molar-refractivity contribution in [3.63, 3.8) is 0 Å². The molecule has 0 bridgehead atoms. The molecule has 8 heteroatoms. The summed E-state index contributed by atoms with van der Waals surface area (Å²) >= 11 is 6.31. The highest BCUT2D eigenvalue weighted by Crippen LogP contribution is 2.43. The number of Topliss-reactive ketones (excluding diaryl/α,β-unsaturated/α-hetero) is 1. The lowest BCUT2D eigenvalue weighted by molar-refractivity contribution is -0.118. The highest BCUT2D eigenvalue weighted by Gasteiger charge is 2.31. The predicted molar refractivity (Wildman–Crippen MR) is 117 cm³/mol. The van der Waals surface area contributed by atoms with Gasteiger partial charge in [0.15, 0.2) is 0 Å². The van der Waals surface area contributed by atoms with Crippen LogP contribution in [0.5, 0.6) is 0 Å². The van der Waals surface area contributed by atoms with Gasteiger partial charge in [0.25, 0.3) is 5.91 Å². The highest BCUT2D eigenvalue weighted by molar-refractivity contribution is 6.34. The molecule has 0 saturated heterocycles. The number of ketones is 1. The molecular formula is C24H20ClFN2O4. The Bertz CT molecular complexity index is 1200. The van der Waals surface area contributed by atoms with Crippen molar-refractivity contribution in [1.29, 1.82) is 5.41 Å². The van der Waals surface area contributed by atoms with Crippen LogP contribution >= 0.6 is 11.6 Å². The Balaban J connectivity index is 1.69. The molecule has 2 aliphatic carbocycles. The fraction of sp³-hybridized carbons (Fsp3) is 0.250. The first-order valence-electron chi connectivity index (χ1n) is 10.2. The third kappa shape index (κ3) is 4.34. The van der Waals surface area contributed by atoms with Gasteiger partial charge in [0.1, 0.15) is 11.6 Å². The number of carbonyl (C=O) groups excluding carboxylic acids is 2. The minimum absolute atomic E-state index is 0.0818. The van der Waals surface area contributed by atoms with Crippen molar-refractivity contribution in [2.75, 3.05) is 0 Å². The van der Waals surface area contributed by atoms with E-state index in [9.17, 15) is 18.8 Å². The maximum atomic E-state index is 14.6. The van der Waals surface area contributed by atoms with Crippen LogP contribution in [0.2, 0.25) is 5.02 Å². The van der Waals surface area contributed by atoms with E-state index in [0.29, 0.717) is 16.2 Å². The molecule has 0 radical (unpaired) electrons. The van der Waals surface area contributed by atoms with Crippen LogP contribution < -0.4 is 5.32 Å². The van der Waals surface area contributed by atoms with E-state index in [1.807, 2.05) is 6.07 Å². The Morgan fingerprint density at radius 1 is 1.16 bits per heavy atom. The van der Waals surface area contributed by atoms with Gasteiger partial charge < -0.3 is 10.4 Å². The third-order valence-electron chi connectivity index (χ3n) is 5.73. The number of benzene rings is 2. The summed E-state index contributed by atoms with van der Waals surface area (Å²) in [5, 5.41) is 20.6. The van der Waals surface area contributed by atoms with Crippen LogP contribution in [0.25, 0.3) is 0 Å². The minimum Gasteiger partial charge on any atom is -0.478 e. The number of halogens is 2. The lowest BCUT2D eigenvalue weighted by Gasteiger charge is -2.22. The van der Waals surface area contributed by atoms with Gasteiger partial charge in [-0.2, -0.15) is 0 Å². The summed E-state index contributed by atoms with van der Waals surface area (Å²) in [6.45, 7) is 0. The van der Waals surface area contributed by atoms with Gasteiger partial charge >= 0.3 is 5.97 Å². The second kappa shape index (κ2) is 8.67. The first kappa shape index (κ1) is 21.9. The van der Waals surface area contributed by atoms with E-state index in [2.05, 4.69) is 5.32 Å². The standard InChI is InChI=1S/C24H20ClFN2O4/c25-18-3-1-2-15(12-4-5-12)21(18)23(30)28-20-11-14(29)7-9-17(20)22(27)16-8-6-13(24(31)32)10-19(16)26/h1-3,6,8,10,12,27H,4-5,7,9,11H2,(H,28,30)(H,31,32). The van der Waals surface area contributed by atoms with Gasteiger partial charge in [-0.15, -0.1) is 0 Å². The zero-order valence-electron chi connectivity index (χ0n) is 17.0. The fourth-order valence-corrected chi connectivity index (χ4v) is 4.20. The quantitative estimate of drug-likeness (QED) is 0.542. The second-order valence-corrected chi connectivity index (χ2v) is 8.39. The lowest BCUT2D eigenvalue weighted by atomic mass is 9.88. The molecule has 2 aliphatic rings. The third-order valence-corrected chi connectivity index (χ3v) is 6.05. The van der Waals surface area contributed by atoms with Crippen LogP contribution in [0.4, 0.5) is 4.39 Å². The number of carboxylic acids is 1. The highest BCUT2D eigenvalue weighted by atomic mass is 35.5. The first-order valence-corrected chi connectivity index (χ1v) is 10.6. The number of hydrogen-bond donors (Lipinski definition) is 3. The van der Waals surface area contributed by atoms with Crippen molar-refractivity contribution in [2.45, 2.75) is 38.0 Å². The van der Waals surface area contributed by atoms with Crippen molar-refractivity contribution in [3.05, 3.63) is 80.8 Å². The maximum Gasteiger partial charge on any atom is 0.335 e. The number of rotatable bonds is 6. The van der Waals surface area contributed by atoms with E-state index in [4.69, 9.17) is 22.1 Å². The second-order valence-electron chi connectivity index (χ2n) is 7.98. The van der Waals surface area contributed by atoms with Crippen LogP contribution in [-0.4, -0.2) is 28.5 Å². The zero-order valence-corrected chi connectivity index (χ0v) is 17.8. The van der Waals surface area contributed by atoms with Crippen molar-refractivity contribution in [1.82, 2.24) is 5.32 Å². The average Bonchev–Trinajstić information content (AvgIpc) is 3.58. The lowest BCUT2D eigenvalue weighted by Crippen LogP contribution is -2.30. The molecule has 1 fully saturated rings. The topological polar surface area (TPSA) is 107 Å².